The maximum Gasteiger partial charge on any atom is 0.326 e. The Morgan fingerprint density at radius 1 is 0.842 bits per heavy atom. The van der Waals surface area contributed by atoms with Crippen LogP contribution in [0.25, 0.3) is 0 Å². The zero-order valence-corrected chi connectivity index (χ0v) is 22.4. The molecule has 0 aliphatic heterocycles. The molecule has 3 amide bonds. The quantitative estimate of drug-likeness (QED) is 0.112. The fraction of sp³-hybridized carbons (Fsp3) is 0.560. The summed E-state index contributed by atoms with van der Waals surface area (Å²) in [5.41, 5.74) is 12.1. The van der Waals surface area contributed by atoms with Gasteiger partial charge in [0.05, 0.1) is 6.04 Å². The number of unbranched alkanes of at least 4 members (excludes halogenated alkanes) is 1. The maximum atomic E-state index is 13.1. The van der Waals surface area contributed by atoms with E-state index in [0.29, 0.717) is 37.1 Å². The molecule has 0 bridgehead atoms. The van der Waals surface area contributed by atoms with Crippen LogP contribution in [0, 0.1) is 0 Å². The van der Waals surface area contributed by atoms with E-state index in [2.05, 4.69) is 16.0 Å². The number of nitrogens with two attached hydrogens (primary N) is 2. The molecule has 0 spiro atoms. The molecule has 1 aromatic carbocycles. The summed E-state index contributed by atoms with van der Waals surface area (Å²) in [5.74, 6) is -3.88. The lowest BCUT2D eigenvalue weighted by Gasteiger charge is -2.25. The van der Waals surface area contributed by atoms with E-state index < -0.39 is 60.2 Å². The van der Waals surface area contributed by atoms with Gasteiger partial charge in [-0.25, -0.2) is 4.79 Å². The van der Waals surface area contributed by atoms with Crippen molar-refractivity contribution in [2.75, 3.05) is 18.6 Å². The summed E-state index contributed by atoms with van der Waals surface area (Å²) in [6.45, 7) is 0.386. The molecule has 0 aliphatic rings. The van der Waals surface area contributed by atoms with E-state index in [4.69, 9.17) is 16.6 Å². The van der Waals surface area contributed by atoms with Crippen LogP contribution in [0.2, 0.25) is 0 Å². The first kappa shape index (κ1) is 32.9. The Morgan fingerprint density at radius 3 is 1.97 bits per heavy atom. The fourth-order valence-electron chi connectivity index (χ4n) is 3.55. The van der Waals surface area contributed by atoms with Crippen molar-refractivity contribution in [1.82, 2.24) is 16.0 Å². The fourth-order valence-corrected chi connectivity index (χ4v) is 4.04. The topological polar surface area (TPSA) is 214 Å². The van der Waals surface area contributed by atoms with Crippen molar-refractivity contribution in [3.8, 4) is 0 Å². The molecular weight excluding hydrogens is 514 g/mol. The van der Waals surface area contributed by atoms with Gasteiger partial charge in [0.15, 0.2) is 0 Å². The zero-order valence-electron chi connectivity index (χ0n) is 21.6. The Bertz CT molecular complexity index is 919. The number of carboxylic acid groups (broad SMARTS) is 2. The van der Waals surface area contributed by atoms with Crippen LogP contribution in [0.5, 0.6) is 0 Å². The third-order valence-electron chi connectivity index (χ3n) is 5.73. The van der Waals surface area contributed by atoms with Gasteiger partial charge in [-0.3, -0.25) is 19.2 Å². The first-order valence-corrected chi connectivity index (χ1v) is 13.8. The van der Waals surface area contributed by atoms with Gasteiger partial charge in [-0.2, -0.15) is 11.8 Å². The summed E-state index contributed by atoms with van der Waals surface area (Å²) in [4.78, 5) is 61.7. The van der Waals surface area contributed by atoms with Gasteiger partial charge in [-0.1, -0.05) is 30.3 Å². The molecule has 38 heavy (non-hydrogen) atoms. The number of amides is 3. The van der Waals surface area contributed by atoms with Crippen LogP contribution in [0.3, 0.4) is 0 Å². The summed E-state index contributed by atoms with van der Waals surface area (Å²) < 4.78 is 0. The van der Waals surface area contributed by atoms with Crippen molar-refractivity contribution in [3.63, 3.8) is 0 Å². The van der Waals surface area contributed by atoms with Gasteiger partial charge < -0.3 is 37.6 Å². The van der Waals surface area contributed by atoms with Gasteiger partial charge in [-0.05, 0) is 56.2 Å². The highest BCUT2D eigenvalue weighted by Gasteiger charge is 2.30. The number of carboxylic acids is 2. The normalized spacial score (nSPS) is 14.0. The van der Waals surface area contributed by atoms with Gasteiger partial charge in [0.1, 0.15) is 18.1 Å². The Labute approximate surface area is 226 Å². The second-order valence-electron chi connectivity index (χ2n) is 8.82. The molecule has 212 valence electrons. The van der Waals surface area contributed by atoms with Crippen LogP contribution in [0.4, 0.5) is 0 Å². The molecule has 0 heterocycles. The number of hydrogen-bond acceptors (Lipinski definition) is 8. The van der Waals surface area contributed by atoms with Crippen LogP contribution in [-0.4, -0.2) is 82.6 Å². The highest BCUT2D eigenvalue weighted by Crippen LogP contribution is 2.08. The minimum absolute atomic E-state index is 0.00673. The van der Waals surface area contributed by atoms with E-state index in [1.807, 2.05) is 6.26 Å². The minimum atomic E-state index is -1.34. The lowest BCUT2D eigenvalue weighted by molar-refractivity contribution is -0.143. The number of thioether (sulfide) groups is 1. The highest BCUT2D eigenvalue weighted by atomic mass is 32.2. The molecule has 0 aliphatic carbocycles. The van der Waals surface area contributed by atoms with Crippen LogP contribution in [0.15, 0.2) is 30.3 Å². The van der Waals surface area contributed by atoms with Crippen molar-refractivity contribution in [3.05, 3.63) is 35.9 Å². The van der Waals surface area contributed by atoms with Crippen LogP contribution in [-0.2, 0) is 30.4 Å². The predicted octanol–water partition coefficient (Wildman–Crippen LogP) is -0.158. The Balaban J connectivity index is 3.01. The average molecular weight is 554 g/mol. The van der Waals surface area contributed by atoms with Crippen molar-refractivity contribution in [1.29, 1.82) is 0 Å². The minimum Gasteiger partial charge on any atom is -0.481 e. The molecule has 12 nitrogen and oxygen atoms in total. The number of carbonyl (C=O) groups excluding carboxylic acids is 3. The molecule has 0 saturated carbocycles. The lowest BCUT2D eigenvalue weighted by atomic mass is 10.0. The number of benzene rings is 1. The second-order valence-corrected chi connectivity index (χ2v) is 9.80. The van der Waals surface area contributed by atoms with Crippen molar-refractivity contribution >= 4 is 41.4 Å². The van der Waals surface area contributed by atoms with E-state index in [1.54, 1.807) is 30.3 Å². The zero-order chi connectivity index (χ0) is 28.5. The Kier molecular flexibility index (Phi) is 15.7. The average Bonchev–Trinajstić information content (AvgIpc) is 2.88. The smallest absolute Gasteiger partial charge is 0.326 e. The van der Waals surface area contributed by atoms with Crippen molar-refractivity contribution in [2.24, 2.45) is 11.5 Å². The summed E-state index contributed by atoms with van der Waals surface area (Å²) in [5, 5.41) is 26.3. The molecule has 4 atom stereocenters. The van der Waals surface area contributed by atoms with Gasteiger partial charge in [0.25, 0.3) is 0 Å². The lowest BCUT2D eigenvalue weighted by Crippen LogP contribution is -2.57. The van der Waals surface area contributed by atoms with Crippen LogP contribution >= 0.6 is 11.8 Å². The molecule has 9 N–H and O–H groups in total. The van der Waals surface area contributed by atoms with Crippen molar-refractivity contribution < 1.29 is 34.2 Å². The molecule has 13 heteroatoms. The first-order valence-electron chi connectivity index (χ1n) is 12.4. The largest absolute Gasteiger partial charge is 0.481 e. The number of aliphatic carboxylic acids is 2. The third-order valence-corrected chi connectivity index (χ3v) is 6.37. The molecule has 0 aromatic heterocycles. The predicted molar refractivity (Wildman–Crippen MR) is 144 cm³/mol. The molecule has 0 fully saturated rings. The SMILES string of the molecule is CSCCC(N)C(=O)NC(CCCCN)C(=O)NC(CCC(=O)O)C(=O)NC(Cc1ccccc1)C(=O)O. The monoisotopic (exact) mass is 553 g/mol. The molecule has 0 saturated heterocycles. The highest BCUT2D eigenvalue weighted by molar-refractivity contribution is 7.98. The molecule has 0 radical (unpaired) electrons. The van der Waals surface area contributed by atoms with Crippen molar-refractivity contribution in [2.45, 2.75) is 69.1 Å². The third kappa shape index (κ3) is 12.9. The number of carbonyl (C=O) groups is 5. The summed E-state index contributed by atoms with van der Waals surface area (Å²) in [7, 11) is 0. The van der Waals surface area contributed by atoms with E-state index in [1.165, 1.54) is 11.8 Å². The van der Waals surface area contributed by atoms with Crippen LogP contribution in [0.1, 0.15) is 44.1 Å². The molecule has 1 aromatic rings. The molecule has 1 rings (SSSR count). The van der Waals surface area contributed by atoms with E-state index in [0.717, 1.165) is 0 Å². The van der Waals surface area contributed by atoms with Gasteiger partial charge >= 0.3 is 11.9 Å². The summed E-state index contributed by atoms with van der Waals surface area (Å²) in [6, 6.07) is 4.17. The first-order chi connectivity index (χ1) is 18.1. The maximum absolute atomic E-state index is 13.1. The Morgan fingerprint density at radius 2 is 1.42 bits per heavy atom. The standard InChI is InChI=1S/C25H39N5O7S/c1-38-14-12-17(27)22(33)28-18(9-5-6-13-26)23(34)29-19(10-11-21(31)32)24(35)30-20(25(36)37)15-16-7-3-2-4-8-16/h2-4,7-8,17-20H,5-6,9-15,26-27H2,1H3,(H,28,33)(H,29,34)(H,30,35)(H,31,32)(H,36,37). The number of hydrogen-bond donors (Lipinski definition) is 7. The van der Waals surface area contributed by atoms with Gasteiger partial charge in [0.2, 0.25) is 17.7 Å². The van der Waals surface area contributed by atoms with E-state index in [-0.39, 0.29) is 19.3 Å². The Hall–Kier alpha value is -3.16. The molecular formula is C25H39N5O7S. The number of rotatable bonds is 19. The number of nitrogens with one attached hydrogen (secondary N) is 3. The summed E-state index contributed by atoms with van der Waals surface area (Å²) >= 11 is 1.53. The van der Waals surface area contributed by atoms with E-state index in [9.17, 15) is 29.1 Å². The summed E-state index contributed by atoms with van der Waals surface area (Å²) in [6.07, 6.45) is 2.90. The van der Waals surface area contributed by atoms with Gasteiger partial charge in [-0.15, -0.1) is 0 Å². The second kappa shape index (κ2) is 18.2. The van der Waals surface area contributed by atoms with E-state index >= 15 is 0 Å². The molecule has 4 unspecified atom stereocenters. The van der Waals surface area contributed by atoms with Crippen LogP contribution < -0.4 is 27.4 Å². The van der Waals surface area contributed by atoms with Gasteiger partial charge in [0, 0.05) is 12.8 Å².